The molecule has 1 unspecified atom stereocenters. The summed E-state index contributed by atoms with van der Waals surface area (Å²) in [7, 11) is 0. The van der Waals surface area contributed by atoms with Crippen LogP contribution in [-0.2, 0) is 28.6 Å². The molecule has 6 heteroatoms. The Morgan fingerprint density at radius 1 is 0.299 bits per heavy atom. The van der Waals surface area contributed by atoms with Crippen molar-refractivity contribution in [1.82, 2.24) is 0 Å². The quantitative estimate of drug-likeness (QED) is 0.0262. The number of unbranched alkanes of at least 4 members (excludes halogenated alkanes) is 40. The van der Waals surface area contributed by atoms with Gasteiger partial charge in [0.1, 0.15) is 13.2 Å². The van der Waals surface area contributed by atoms with Gasteiger partial charge in [-0.2, -0.15) is 0 Å². The van der Waals surface area contributed by atoms with Crippen LogP contribution in [0.1, 0.15) is 329 Å². The van der Waals surface area contributed by atoms with E-state index in [0.29, 0.717) is 19.3 Å². The van der Waals surface area contributed by atoms with Crippen LogP contribution in [0, 0.1) is 0 Å². The largest absolute Gasteiger partial charge is 0.462 e. The van der Waals surface area contributed by atoms with Crippen LogP contribution in [0.3, 0.4) is 0 Å². The average Bonchev–Trinajstić information content (AvgIpc) is 3.33. The van der Waals surface area contributed by atoms with Crippen molar-refractivity contribution in [3.05, 3.63) is 24.3 Å². The highest BCUT2D eigenvalue weighted by atomic mass is 16.6. The van der Waals surface area contributed by atoms with Crippen molar-refractivity contribution in [3.8, 4) is 0 Å². The Kier molecular flexibility index (Phi) is 54.7. The maximum atomic E-state index is 12.7. The first-order valence-electron chi connectivity index (χ1n) is 29.8. The van der Waals surface area contributed by atoms with E-state index in [2.05, 4.69) is 45.1 Å². The average molecular weight is 944 g/mol. The third-order valence-electron chi connectivity index (χ3n) is 13.5. The second-order valence-corrected chi connectivity index (χ2v) is 20.3. The van der Waals surface area contributed by atoms with E-state index < -0.39 is 6.10 Å². The fraction of sp³-hybridized carbons (Fsp3) is 0.885. The molecule has 67 heavy (non-hydrogen) atoms. The molecule has 0 fully saturated rings. The zero-order valence-electron chi connectivity index (χ0n) is 45.2. The molecule has 0 aliphatic heterocycles. The van der Waals surface area contributed by atoms with E-state index in [1.807, 2.05) is 0 Å². The number of esters is 3. The van der Waals surface area contributed by atoms with Gasteiger partial charge in [0.05, 0.1) is 0 Å². The van der Waals surface area contributed by atoms with Crippen molar-refractivity contribution >= 4 is 17.9 Å². The first-order valence-corrected chi connectivity index (χ1v) is 29.8. The molecule has 0 aromatic rings. The smallest absolute Gasteiger partial charge is 0.306 e. The molecular weight excluding hydrogens is 829 g/mol. The molecule has 0 aromatic carbocycles. The predicted octanol–water partition coefficient (Wildman–Crippen LogP) is 19.9. The van der Waals surface area contributed by atoms with E-state index in [1.165, 1.54) is 225 Å². The summed E-state index contributed by atoms with van der Waals surface area (Å²) in [5.74, 6) is -0.858. The normalized spacial score (nSPS) is 12.1. The number of ether oxygens (including phenoxy) is 3. The second kappa shape index (κ2) is 56.5. The van der Waals surface area contributed by atoms with Gasteiger partial charge in [-0.05, 0) is 51.4 Å². The molecule has 6 nitrogen and oxygen atoms in total. The number of hydrogen-bond acceptors (Lipinski definition) is 6. The Morgan fingerprint density at radius 3 is 0.821 bits per heavy atom. The molecule has 0 heterocycles. The van der Waals surface area contributed by atoms with Crippen LogP contribution in [0.15, 0.2) is 24.3 Å². The van der Waals surface area contributed by atoms with E-state index in [4.69, 9.17) is 14.2 Å². The van der Waals surface area contributed by atoms with Crippen LogP contribution >= 0.6 is 0 Å². The monoisotopic (exact) mass is 943 g/mol. The Labute approximate surface area is 417 Å². The maximum Gasteiger partial charge on any atom is 0.306 e. The van der Waals surface area contributed by atoms with E-state index in [-0.39, 0.29) is 31.1 Å². The van der Waals surface area contributed by atoms with Gasteiger partial charge in [0.15, 0.2) is 6.10 Å². The Morgan fingerprint density at radius 2 is 0.537 bits per heavy atom. The number of carbonyl (C=O) groups excluding carboxylic acids is 3. The Balaban J connectivity index is 3.84. The molecule has 0 saturated heterocycles. The molecule has 0 amide bonds. The highest BCUT2D eigenvalue weighted by molar-refractivity contribution is 5.71. The molecule has 1 atom stereocenters. The minimum Gasteiger partial charge on any atom is -0.462 e. The number of carbonyl (C=O) groups is 3. The van der Waals surface area contributed by atoms with Gasteiger partial charge < -0.3 is 14.2 Å². The summed E-state index contributed by atoms with van der Waals surface area (Å²) >= 11 is 0. The molecule has 0 radical (unpaired) electrons. The minimum absolute atomic E-state index is 0.0652. The van der Waals surface area contributed by atoms with Crippen molar-refractivity contribution in [2.75, 3.05) is 13.2 Å². The summed E-state index contributed by atoms with van der Waals surface area (Å²) in [6.45, 7) is 6.60. The van der Waals surface area contributed by atoms with Gasteiger partial charge in [-0.15, -0.1) is 0 Å². The zero-order chi connectivity index (χ0) is 48.6. The highest BCUT2D eigenvalue weighted by Crippen LogP contribution is 2.17. The lowest BCUT2D eigenvalue weighted by Crippen LogP contribution is -2.30. The molecule has 394 valence electrons. The van der Waals surface area contributed by atoms with Gasteiger partial charge >= 0.3 is 17.9 Å². The molecule has 0 aliphatic carbocycles. The summed E-state index contributed by atoms with van der Waals surface area (Å²) in [4.78, 5) is 37.7. The van der Waals surface area contributed by atoms with E-state index in [9.17, 15) is 14.4 Å². The second-order valence-electron chi connectivity index (χ2n) is 20.3. The van der Waals surface area contributed by atoms with Gasteiger partial charge in [0.2, 0.25) is 0 Å². The van der Waals surface area contributed by atoms with Gasteiger partial charge in [-0.3, -0.25) is 14.4 Å². The lowest BCUT2D eigenvalue weighted by molar-refractivity contribution is -0.167. The van der Waals surface area contributed by atoms with Gasteiger partial charge in [-0.1, -0.05) is 283 Å². The lowest BCUT2D eigenvalue weighted by atomic mass is 10.0. The van der Waals surface area contributed by atoms with E-state index in [0.717, 1.165) is 64.2 Å². The molecule has 0 rings (SSSR count). The number of allylic oxidation sites excluding steroid dienone is 4. The summed E-state index contributed by atoms with van der Waals surface area (Å²) < 4.78 is 16.7. The topological polar surface area (TPSA) is 78.9 Å². The van der Waals surface area contributed by atoms with Crippen molar-refractivity contribution in [3.63, 3.8) is 0 Å². The van der Waals surface area contributed by atoms with Crippen molar-refractivity contribution in [2.45, 2.75) is 335 Å². The SMILES string of the molecule is CCCCCCC/C=C\C/C=C\CCCCCCCCCCCCCCCCCCCCCCCC(=O)OCC(COC(=O)CCCCCCCCCC)OC(=O)CCCCCCCCCC. The summed E-state index contributed by atoms with van der Waals surface area (Å²) in [5, 5.41) is 0. The first-order chi connectivity index (χ1) is 33.0. The van der Waals surface area contributed by atoms with Gasteiger partial charge in [-0.25, -0.2) is 0 Å². The number of hydrogen-bond donors (Lipinski definition) is 0. The van der Waals surface area contributed by atoms with Crippen molar-refractivity contribution in [2.24, 2.45) is 0 Å². The molecule has 0 bridgehead atoms. The fourth-order valence-electron chi connectivity index (χ4n) is 8.95. The lowest BCUT2D eigenvalue weighted by Gasteiger charge is -2.18. The Hall–Kier alpha value is -2.11. The zero-order valence-corrected chi connectivity index (χ0v) is 45.2. The molecular formula is C61H114O6. The summed E-state index contributed by atoms with van der Waals surface area (Å²) in [6.07, 6.45) is 66.6. The molecule has 0 N–H and O–H groups in total. The van der Waals surface area contributed by atoms with Crippen LogP contribution in [0.5, 0.6) is 0 Å². The fourth-order valence-corrected chi connectivity index (χ4v) is 8.95. The van der Waals surface area contributed by atoms with Crippen LogP contribution in [-0.4, -0.2) is 37.2 Å². The van der Waals surface area contributed by atoms with Crippen LogP contribution < -0.4 is 0 Å². The van der Waals surface area contributed by atoms with Crippen molar-refractivity contribution < 1.29 is 28.6 Å². The van der Waals surface area contributed by atoms with Crippen LogP contribution in [0.25, 0.3) is 0 Å². The van der Waals surface area contributed by atoms with Crippen LogP contribution in [0.4, 0.5) is 0 Å². The van der Waals surface area contributed by atoms with E-state index >= 15 is 0 Å². The van der Waals surface area contributed by atoms with E-state index in [1.54, 1.807) is 0 Å². The van der Waals surface area contributed by atoms with Gasteiger partial charge in [0.25, 0.3) is 0 Å². The van der Waals surface area contributed by atoms with Gasteiger partial charge in [0, 0.05) is 19.3 Å². The first kappa shape index (κ1) is 64.9. The molecule has 0 spiro atoms. The van der Waals surface area contributed by atoms with Crippen LogP contribution in [0.2, 0.25) is 0 Å². The summed E-state index contributed by atoms with van der Waals surface area (Å²) in [5.41, 5.74) is 0. The minimum atomic E-state index is -0.760. The third kappa shape index (κ3) is 54.7. The summed E-state index contributed by atoms with van der Waals surface area (Å²) in [6, 6.07) is 0. The highest BCUT2D eigenvalue weighted by Gasteiger charge is 2.19. The number of rotatable bonds is 55. The molecule has 0 saturated carbocycles. The molecule has 0 aliphatic rings. The Bertz CT molecular complexity index is 1080. The standard InChI is InChI=1S/C61H114O6/c1-4-7-10-13-16-19-20-21-22-23-24-25-26-27-28-29-30-31-32-33-34-35-36-37-38-39-40-41-42-43-46-48-51-54-60(63)66-57-58(67-61(64)55-52-49-45-18-15-12-9-6-3)56-65-59(62)53-50-47-44-17-14-11-8-5-2/h20-21,23-24,58H,4-19,22,25-57H2,1-3H3/b21-20-,24-23-. The van der Waals surface area contributed by atoms with Crippen molar-refractivity contribution in [1.29, 1.82) is 0 Å². The third-order valence-corrected chi connectivity index (χ3v) is 13.5. The molecule has 0 aromatic heterocycles. The predicted molar refractivity (Wildman–Crippen MR) is 289 cm³/mol. The maximum absolute atomic E-state index is 12.7.